The van der Waals surface area contributed by atoms with E-state index in [2.05, 4.69) is 19.1 Å². The van der Waals surface area contributed by atoms with Crippen molar-refractivity contribution in [1.82, 2.24) is 0 Å². The van der Waals surface area contributed by atoms with Crippen LogP contribution < -0.4 is 5.11 Å². The van der Waals surface area contributed by atoms with Gasteiger partial charge in [0.05, 0.1) is 26.2 Å². The molecule has 0 fully saturated rings. The molecule has 0 heterocycles. The van der Waals surface area contributed by atoms with Gasteiger partial charge in [-0.1, -0.05) is 83.3 Å². The molecule has 0 amide bonds. The summed E-state index contributed by atoms with van der Waals surface area (Å²) in [5.74, 6) is -2.56. The molecule has 2 N–H and O–H groups in total. The molecule has 0 spiro atoms. The first-order chi connectivity index (χ1) is 19.8. The number of carbonyl (C=O) groups is 3. The van der Waals surface area contributed by atoms with Crippen LogP contribution in [0.25, 0.3) is 0 Å². The van der Waals surface area contributed by atoms with Gasteiger partial charge in [-0.3, -0.25) is 9.59 Å². The molecule has 0 aliphatic heterocycles. The summed E-state index contributed by atoms with van der Waals surface area (Å²) in [4.78, 5) is 32.9. The summed E-state index contributed by atoms with van der Waals surface area (Å²) in [6, 6.07) is 0. The molecule has 0 atom stereocenters. The fourth-order valence-electron chi connectivity index (χ4n) is 5.77. The van der Waals surface area contributed by atoms with Gasteiger partial charge in [-0.2, -0.15) is 0 Å². The molecule has 0 aliphatic rings. The van der Waals surface area contributed by atoms with Crippen molar-refractivity contribution >= 4 is 17.9 Å². The molecule has 0 aliphatic carbocycles. The van der Waals surface area contributed by atoms with Gasteiger partial charge in [-0.05, 0) is 77.0 Å². The number of carboxylic acids is 3. The monoisotopic (exact) mass is 581 g/mol. The molecule has 0 radical (unpaired) electrons. The smallest absolute Gasteiger partial charge is 0.303 e. The first kappa shape index (κ1) is 39.1. The number of rotatable bonds is 32. The van der Waals surface area contributed by atoms with Crippen molar-refractivity contribution in [2.45, 2.75) is 161 Å². The van der Waals surface area contributed by atoms with Gasteiger partial charge < -0.3 is 24.6 Å². The van der Waals surface area contributed by atoms with Crippen LogP contribution in [0.1, 0.15) is 161 Å². The first-order valence-electron chi connectivity index (χ1n) is 16.9. The summed E-state index contributed by atoms with van der Waals surface area (Å²) >= 11 is 0. The van der Waals surface area contributed by atoms with E-state index in [9.17, 15) is 19.5 Å². The van der Waals surface area contributed by atoms with Crippen molar-refractivity contribution in [3.8, 4) is 0 Å². The van der Waals surface area contributed by atoms with Gasteiger partial charge in [0.15, 0.2) is 0 Å². The minimum absolute atomic E-state index is 0.0645. The van der Waals surface area contributed by atoms with Crippen LogP contribution in [0.4, 0.5) is 0 Å². The second kappa shape index (κ2) is 28.2. The highest BCUT2D eigenvalue weighted by Crippen LogP contribution is 2.20. The predicted octanol–water partition coefficient (Wildman–Crippen LogP) is 7.66. The van der Waals surface area contributed by atoms with Crippen LogP contribution in [-0.2, 0) is 14.4 Å². The number of allylic oxidation sites excluding steroid dienone is 2. The lowest BCUT2D eigenvalue weighted by molar-refractivity contribution is -0.929. The lowest BCUT2D eigenvalue weighted by Crippen LogP contribution is -2.51. The van der Waals surface area contributed by atoms with E-state index in [-0.39, 0.29) is 19.3 Å². The molecule has 0 unspecified atom stereocenters. The van der Waals surface area contributed by atoms with Gasteiger partial charge in [-0.15, -0.1) is 0 Å². The third-order valence-corrected chi connectivity index (χ3v) is 8.22. The fourth-order valence-corrected chi connectivity index (χ4v) is 5.77. The molecule has 0 aromatic rings. The molecule has 7 heteroatoms. The Hall–Kier alpha value is -1.89. The molecule has 41 heavy (non-hydrogen) atoms. The van der Waals surface area contributed by atoms with Crippen LogP contribution >= 0.6 is 0 Å². The van der Waals surface area contributed by atoms with Gasteiger partial charge >= 0.3 is 11.9 Å². The molecule has 0 saturated heterocycles. The third kappa shape index (κ3) is 28.0. The Morgan fingerprint density at radius 1 is 0.512 bits per heavy atom. The van der Waals surface area contributed by atoms with Crippen LogP contribution in [0, 0.1) is 0 Å². The fraction of sp³-hybridized carbons (Fsp3) is 0.853. The summed E-state index contributed by atoms with van der Waals surface area (Å²) in [5.41, 5.74) is 0. The Bertz CT molecular complexity index is 623. The highest BCUT2D eigenvalue weighted by Gasteiger charge is 2.26. The molecule has 0 aromatic heterocycles. The van der Waals surface area contributed by atoms with Crippen molar-refractivity contribution in [3.63, 3.8) is 0 Å². The maximum absolute atomic E-state index is 11.0. The Balaban J connectivity index is 4.36. The number of carboxylic acid groups (broad SMARTS) is 3. The SMILES string of the molecule is CC/C=C/CCCCCCCCCCCCCCC[N+](CCCCC(=O)[O-])(CCCCC(=O)O)CCCCC(=O)O. The number of hydrogen-bond acceptors (Lipinski definition) is 4. The number of quaternary nitrogens is 1. The summed E-state index contributed by atoms with van der Waals surface area (Å²) in [6.45, 7) is 5.80. The topological polar surface area (TPSA) is 115 Å². The zero-order chi connectivity index (χ0) is 30.4. The minimum atomic E-state index is -1.02. The van der Waals surface area contributed by atoms with Gasteiger partial charge in [0.1, 0.15) is 0 Å². The van der Waals surface area contributed by atoms with Crippen LogP contribution in [0.2, 0.25) is 0 Å². The molecular formula is C34H63NO6. The number of hydrogen-bond donors (Lipinski definition) is 2. The summed E-state index contributed by atoms with van der Waals surface area (Å²) in [7, 11) is 0. The van der Waals surface area contributed by atoms with E-state index in [0.29, 0.717) is 19.3 Å². The second-order valence-corrected chi connectivity index (χ2v) is 12.0. The highest BCUT2D eigenvalue weighted by atomic mass is 16.4. The normalized spacial score (nSPS) is 11.8. The van der Waals surface area contributed by atoms with Crippen LogP contribution in [0.15, 0.2) is 12.2 Å². The van der Waals surface area contributed by atoms with Crippen molar-refractivity contribution < 1.29 is 34.2 Å². The van der Waals surface area contributed by atoms with E-state index in [4.69, 9.17) is 10.2 Å². The van der Waals surface area contributed by atoms with E-state index >= 15 is 0 Å². The molecule has 240 valence electrons. The Labute approximate surface area is 251 Å². The van der Waals surface area contributed by atoms with Crippen molar-refractivity contribution in [1.29, 1.82) is 0 Å². The Morgan fingerprint density at radius 3 is 1.22 bits per heavy atom. The molecule has 0 aromatic carbocycles. The quantitative estimate of drug-likeness (QED) is 0.0479. The van der Waals surface area contributed by atoms with Gasteiger partial charge in [0.25, 0.3) is 0 Å². The number of carbonyl (C=O) groups excluding carboxylic acids is 1. The largest absolute Gasteiger partial charge is 0.550 e. The molecule has 0 bridgehead atoms. The van der Waals surface area contributed by atoms with E-state index in [1.165, 1.54) is 83.5 Å². The van der Waals surface area contributed by atoms with E-state index < -0.39 is 17.9 Å². The van der Waals surface area contributed by atoms with E-state index in [1.54, 1.807) is 0 Å². The lowest BCUT2D eigenvalue weighted by Gasteiger charge is -2.39. The number of unbranched alkanes of at least 4 members (excludes halogenated alkanes) is 16. The Morgan fingerprint density at radius 2 is 0.854 bits per heavy atom. The molecular weight excluding hydrogens is 518 g/mol. The third-order valence-electron chi connectivity index (χ3n) is 8.22. The summed E-state index contributed by atoms with van der Waals surface area (Å²) in [5, 5.41) is 29.0. The van der Waals surface area contributed by atoms with Crippen molar-refractivity contribution in [2.24, 2.45) is 0 Å². The number of nitrogens with zero attached hydrogens (tertiary/aromatic N) is 1. The number of aliphatic carboxylic acids is 3. The maximum Gasteiger partial charge on any atom is 0.303 e. The van der Waals surface area contributed by atoms with Crippen LogP contribution in [0.3, 0.4) is 0 Å². The van der Waals surface area contributed by atoms with Crippen LogP contribution in [0.5, 0.6) is 0 Å². The lowest BCUT2D eigenvalue weighted by atomic mass is 10.0. The first-order valence-corrected chi connectivity index (χ1v) is 16.9. The van der Waals surface area contributed by atoms with Gasteiger partial charge in [-0.25, -0.2) is 0 Å². The predicted molar refractivity (Wildman–Crippen MR) is 166 cm³/mol. The summed E-state index contributed by atoms with van der Waals surface area (Å²) < 4.78 is 0.849. The maximum atomic E-state index is 11.0. The van der Waals surface area contributed by atoms with E-state index in [1.807, 2.05) is 0 Å². The van der Waals surface area contributed by atoms with Gasteiger partial charge in [0.2, 0.25) is 0 Å². The molecule has 7 nitrogen and oxygen atoms in total. The van der Waals surface area contributed by atoms with E-state index in [0.717, 1.165) is 62.8 Å². The standard InChI is InChI=1S/C34H63NO6/c1-2-3-4-5-6-7-8-9-10-11-12-13-14-15-16-17-21-28-35(29-22-18-25-32(36)37,30-23-19-26-33(38)39)31-24-20-27-34(40)41/h3-4H,2,5-31H2,1H3,(H2-,36,37,38,39,40,41)/b4-3+. The summed E-state index contributed by atoms with van der Waals surface area (Å²) in [6.07, 6.45) is 28.6. The van der Waals surface area contributed by atoms with Crippen molar-refractivity contribution in [3.05, 3.63) is 12.2 Å². The zero-order valence-corrected chi connectivity index (χ0v) is 26.4. The Kier molecular flexibility index (Phi) is 26.9. The average Bonchev–Trinajstić information content (AvgIpc) is 2.93. The van der Waals surface area contributed by atoms with Crippen molar-refractivity contribution in [2.75, 3.05) is 26.2 Å². The van der Waals surface area contributed by atoms with Crippen LogP contribution in [-0.4, -0.2) is 58.8 Å². The zero-order valence-electron chi connectivity index (χ0n) is 26.4. The second-order valence-electron chi connectivity index (χ2n) is 12.0. The minimum Gasteiger partial charge on any atom is -0.550 e. The average molecular weight is 582 g/mol. The molecule has 0 saturated carbocycles. The highest BCUT2D eigenvalue weighted by molar-refractivity contribution is 5.66. The molecule has 0 rings (SSSR count). The van der Waals surface area contributed by atoms with Gasteiger partial charge in [0, 0.05) is 18.8 Å².